The van der Waals surface area contributed by atoms with Gasteiger partial charge in [0.25, 0.3) is 0 Å². The molecule has 1 aliphatic heterocycles. The van der Waals surface area contributed by atoms with E-state index >= 15 is 0 Å². The Balaban J connectivity index is 1.39. The Bertz CT molecular complexity index is 747. The molecule has 24 heavy (non-hydrogen) atoms. The van der Waals surface area contributed by atoms with Crippen LogP contribution in [-0.4, -0.2) is 11.9 Å². The summed E-state index contributed by atoms with van der Waals surface area (Å²) in [6.45, 7) is 0. The van der Waals surface area contributed by atoms with Crippen LogP contribution in [0.15, 0.2) is 53.0 Å². The highest BCUT2D eigenvalue weighted by Crippen LogP contribution is 2.31. The van der Waals surface area contributed by atoms with Gasteiger partial charge in [0, 0.05) is 10.5 Å². The minimum atomic E-state index is -0.202. The number of halogens is 1. The molecule has 0 aromatic heterocycles. The van der Waals surface area contributed by atoms with Crippen molar-refractivity contribution in [2.24, 2.45) is 0 Å². The van der Waals surface area contributed by atoms with E-state index in [9.17, 15) is 4.79 Å². The summed E-state index contributed by atoms with van der Waals surface area (Å²) >= 11 is 3.45. The number of rotatable bonds is 3. The van der Waals surface area contributed by atoms with Crippen molar-refractivity contribution < 1.29 is 4.79 Å². The summed E-state index contributed by atoms with van der Waals surface area (Å²) in [4.78, 5) is 12.6. The second kappa shape index (κ2) is 6.67. The Morgan fingerprint density at radius 3 is 2.71 bits per heavy atom. The van der Waals surface area contributed by atoms with E-state index in [-0.39, 0.29) is 24.0 Å². The van der Waals surface area contributed by atoms with Crippen molar-refractivity contribution in [3.8, 4) is 0 Å². The molecule has 2 aromatic rings. The normalized spacial score (nSPS) is 25.5. The van der Waals surface area contributed by atoms with Crippen LogP contribution in [0.2, 0.25) is 0 Å². The zero-order valence-electron chi connectivity index (χ0n) is 13.3. The molecule has 0 bridgehead atoms. The fraction of sp³-hybridized carbons (Fsp3) is 0.316. The molecule has 1 saturated heterocycles. The number of hydrogen-bond acceptors (Lipinski definition) is 3. The van der Waals surface area contributed by atoms with E-state index in [0.29, 0.717) is 0 Å². The van der Waals surface area contributed by atoms with Gasteiger partial charge < -0.3 is 5.32 Å². The summed E-state index contributed by atoms with van der Waals surface area (Å²) in [5, 5.41) is 3.21. The van der Waals surface area contributed by atoms with Crippen LogP contribution in [0, 0.1) is 0 Å². The maximum atomic E-state index is 12.6. The second-order valence-electron chi connectivity index (χ2n) is 6.48. The molecular formula is C19H20BrN3O. The lowest BCUT2D eigenvalue weighted by atomic mass is 10.0. The third-order valence-corrected chi connectivity index (χ3v) is 5.47. The molecule has 0 radical (unpaired) electrons. The standard InChI is InChI=1S/C19H20BrN3O/c20-14-8-5-13(6-9-14)17-11-18(23-22-17)19(24)21-16-10-7-12-3-1-2-4-15(12)16/h1-6,8-9,16-18,22-23H,7,10-11H2,(H,21,24). The molecule has 2 aliphatic rings. The Morgan fingerprint density at radius 1 is 1.08 bits per heavy atom. The van der Waals surface area contributed by atoms with E-state index in [0.717, 1.165) is 23.7 Å². The van der Waals surface area contributed by atoms with Crippen LogP contribution in [0.1, 0.15) is 41.6 Å². The van der Waals surface area contributed by atoms with Gasteiger partial charge in [-0.15, -0.1) is 0 Å². The number of benzene rings is 2. The summed E-state index contributed by atoms with van der Waals surface area (Å²) < 4.78 is 1.06. The van der Waals surface area contributed by atoms with Crippen molar-refractivity contribution in [2.45, 2.75) is 37.4 Å². The average Bonchev–Trinajstić information content (AvgIpc) is 3.23. The molecule has 1 amide bonds. The van der Waals surface area contributed by atoms with Crippen LogP contribution in [0.3, 0.4) is 0 Å². The molecule has 1 heterocycles. The van der Waals surface area contributed by atoms with Gasteiger partial charge in [0.2, 0.25) is 5.91 Å². The Labute approximate surface area is 150 Å². The summed E-state index contributed by atoms with van der Waals surface area (Å²) in [6.07, 6.45) is 2.78. The fourth-order valence-electron chi connectivity index (χ4n) is 3.62. The summed E-state index contributed by atoms with van der Waals surface area (Å²) in [7, 11) is 0. The molecule has 3 unspecified atom stereocenters. The lowest BCUT2D eigenvalue weighted by molar-refractivity contribution is -0.123. The zero-order valence-corrected chi connectivity index (χ0v) is 14.8. The van der Waals surface area contributed by atoms with Gasteiger partial charge in [-0.25, -0.2) is 10.9 Å². The SMILES string of the molecule is O=C(NC1CCc2ccccc21)C1CC(c2ccc(Br)cc2)NN1. The number of aryl methyl sites for hydroxylation is 1. The van der Waals surface area contributed by atoms with Crippen LogP contribution < -0.4 is 16.2 Å². The first-order valence-electron chi connectivity index (χ1n) is 8.35. The van der Waals surface area contributed by atoms with Crippen LogP contribution in [0.5, 0.6) is 0 Å². The van der Waals surface area contributed by atoms with Crippen molar-refractivity contribution in [1.82, 2.24) is 16.2 Å². The van der Waals surface area contributed by atoms with Gasteiger partial charge in [-0.3, -0.25) is 4.79 Å². The molecular weight excluding hydrogens is 366 g/mol. The first kappa shape index (κ1) is 15.8. The van der Waals surface area contributed by atoms with Gasteiger partial charge in [-0.2, -0.15) is 0 Å². The predicted octanol–water partition coefficient (Wildman–Crippen LogP) is 3.16. The number of fused-ring (bicyclic) bond motifs is 1. The maximum Gasteiger partial charge on any atom is 0.239 e. The first-order chi connectivity index (χ1) is 11.7. The molecule has 4 rings (SSSR count). The third kappa shape index (κ3) is 3.11. The lowest BCUT2D eigenvalue weighted by Gasteiger charge is -2.17. The lowest BCUT2D eigenvalue weighted by Crippen LogP contribution is -2.44. The number of amides is 1. The summed E-state index contributed by atoms with van der Waals surface area (Å²) in [6, 6.07) is 16.7. The molecule has 3 N–H and O–H groups in total. The number of carbonyl (C=O) groups is 1. The number of hydrogen-bond donors (Lipinski definition) is 3. The van der Waals surface area contributed by atoms with Crippen molar-refractivity contribution in [3.63, 3.8) is 0 Å². The van der Waals surface area contributed by atoms with Crippen molar-refractivity contribution in [1.29, 1.82) is 0 Å². The molecule has 124 valence electrons. The van der Waals surface area contributed by atoms with Gasteiger partial charge in [0.1, 0.15) is 6.04 Å². The van der Waals surface area contributed by atoms with Gasteiger partial charge in [-0.1, -0.05) is 52.3 Å². The predicted molar refractivity (Wildman–Crippen MR) is 97.2 cm³/mol. The van der Waals surface area contributed by atoms with Crippen LogP contribution in [0.4, 0.5) is 0 Å². The van der Waals surface area contributed by atoms with E-state index in [1.807, 2.05) is 18.2 Å². The third-order valence-electron chi connectivity index (χ3n) is 4.94. The molecule has 2 aromatic carbocycles. The Hall–Kier alpha value is -1.69. The van der Waals surface area contributed by atoms with Crippen molar-refractivity contribution in [2.75, 3.05) is 0 Å². The monoisotopic (exact) mass is 385 g/mol. The number of carbonyl (C=O) groups excluding carboxylic acids is 1. The Kier molecular flexibility index (Phi) is 4.39. The van der Waals surface area contributed by atoms with E-state index in [1.54, 1.807) is 0 Å². The molecule has 0 saturated carbocycles. The quantitative estimate of drug-likeness (QED) is 0.760. The minimum Gasteiger partial charge on any atom is -0.348 e. The second-order valence-corrected chi connectivity index (χ2v) is 7.40. The average molecular weight is 386 g/mol. The van der Waals surface area contributed by atoms with E-state index in [1.165, 1.54) is 16.7 Å². The summed E-state index contributed by atoms with van der Waals surface area (Å²) in [5.74, 6) is 0.0730. The van der Waals surface area contributed by atoms with Gasteiger partial charge in [0.15, 0.2) is 0 Å². The largest absolute Gasteiger partial charge is 0.348 e. The van der Waals surface area contributed by atoms with E-state index in [4.69, 9.17) is 0 Å². The van der Waals surface area contributed by atoms with Crippen LogP contribution in [0.25, 0.3) is 0 Å². The molecule has 0 spiro atoms. The van der Waals surface area contributed by atoms with E-state index < -0.39 is 0 Å². The highest BCUT2D eigenvalue weighted by Gasteiger charge is 2.32. The molecule has 4 nitrogen and oxygen atoms in total. The Morgan fingerprint density at radius 2 is 1.88 bits per heavy atom. The summed E-state index contributed by atoms with van der Waals surface area (Å²) in [5.41, 5.74) is 10.2. The zero-order chi connectivity index (χ0) is 16.5. The van der Waals surface area contributed by atoms with Gasteiger partial charge in [0.05, 0.1) is 6.04 Å². The highest BCUT2D eigenvalue weighted by molar-refractivity contribution is 9.10. The van der Waals surface area contributed by atoms with E-state index in [2.05, 4.69) is 62.4 Å². The van der Waals surface area contributed by atoms with Gasteiger partial charge in [-0.05, 0) is 48.1 Å². The first-order valence-corrected chi connectivity index (χ1v) is 9.15. The minimum absolute atomic E-state index is 0.0730. The van der Waals surface area contributed by atoms with Crippen LogP contribution in [-0.2, 0) is 11.2 Å². The highest BCUT2D eigenvalue weighted by atomic mass is 79.9. The molecule has 1 aliphatic carbocycles. The maximum absolute atomic E-state index is 12.6. The fourth-order valence-corrected chi connectivity index (χ4v) is 3.89. The molecule has 5 heteroatoms. The van der Waals surface area contributed by atoms with Crippen LogP contribution >= 0.6 is 15.9 Å². The molecule has 3 atom stereocenters. The molecule has 1 fully saturated rings. The van der Waals surface area contributed by atoms with Crippen molar-refractivity contribution >= 4 is 21.8 Å². The van der Waals surface area contributed by atoms with Crippen molar-refractivity contribution in [3.05, 3.63) is 69.7 Å². The van der Waals surface area contributed by atoms with Gasteiger partial charge >= 0.3 is 0 Å². The smallest absolute Gasteiger partial charge is 0.239 e. The topological polar surface area (TPSA) is 53.2 Å². The number of hydrazine groups is 1. The number of nitrogens with one attached hydrogen (secondary N) is 3.